The lowest BCUT2D eigenvalue weighted by Crippen LogP contribution is -2.15. The number of nitrogens with two attached hydrogens (primary N) is 1. The molecule has 0 amide bonds. The van der Waals surface area contributed by atoms with E-state index in [9.17, 15) is 4.79 Å². The molecule has 0 bridgehead atoms. The van der Waals surface area contributed by atoms with E-state index in [1.54, 1.807) is 6.07 Å². The van der Waals surface area contributed by atoms with E-state index in [2.05, 4.69) is 4.74 Å². The molecule has 1 aromatic heterocycles. The van der Waals surface area contributed by atoms with Gasteiger partial charge in [0.05, 0.1) is 26.1 Å². The second-order valence-corrected chi connectivity index (χ2v) is 2.44. The van der Waals surface area contributed by atoms with E-state index in [1.165, 1.54) is 19.6 Å². The van der Waals surface area contributed by atoms with Gasteiger partial charge in [-0.1, -0.05) is 0 Å². The van der Waals surface area contributed by atoms with E-state index < -0.39 is 0 Å². The van der Waals surface area contributed by atoms with Gasteiger partial charge >= 0.3 is 5.97 Å². The summed E-state index contributed by atoms with van der Waals surface area (Å²) in [6, 6.07) is 1.39. The van der Waals surface area contributed by atoms with Crippen molar-refractivity contribution < 1.29 is 13.9 Å². The smallest absolute Gasteiger partial charge is 0.307 e. The summed E-state index contributed by atoms with van der Waals surface area (Å²) in [6.45, 7) is 0. The van der Waals surface area contributed by atoms with Crippen molar-refractivity contribution >= 4 is 18.4 Å². The van der Waals surface area contributed by atoms with Crippen LogP contribution < -0.4 is 5.73 Å². The zero-order valence-corrected chi connectivity index (χ0v) is 8.04. The molecule has 0 aliphatic carbocycles. The van der Waals surface area contributed by atoms with Gasteiger partial charge < -0.3 is 14.9 Å². The fourth-order valence-corrected chi connectivity index (χ4v) is 0.867. The maximum Gasteiger partial charge on any atom is 0.307 e. The van der Waals surface area contributed by atoms with Crippen LogP contribution >= 0.6 is 12.4 Å². The van der Waals surface area contributed by atoms with E-state index in [1.807, 2.05) is 0 Å². The summed E-state index contributed by atoms with van der Waals surface area (Å²) in [5.41, 5.74) is 6.46. The van der Waals surface area contributed by atoms with E-state index in [-0.39, 0.29) is 30.8 Å². The minimum Gasteiger partial charge on any atom is -0.472 e. The fourth-order valence-electron chi connectivity index (χ4n) is 0.867. The molecule has 74 valence electrons. The highest BCUT2D eigenvalue weighted by Crippen LogP contribution is 2.14. The molecule has 0 aliphatic heterocycles. The van der Waals surface area contributed by atoms with Gasteiger partial charge in [0.25, 0.3) is 0 Å². The minimum absolute atomic E-state index is 0. The molecule has 0 spiro atoms. The SMILES string of the molecule is COC(=O)CC(N)c1ccoc1.Cl. The number of hydrogen-bond donors (Lipinski definition) is 1. The van der Waals surface area contributed by atoms with Gasteiger partial charge in [0.15, 0.2) is 0 Å². The monoisotopic (exact) mass is 205 g/mol. The van der Waals surface area contributed by atoms with Crippen LogP contribution in [0.2, 0.25) is 0 Å². The predicted octanol–water partition coefficient (Wildman–Crippen LogP) is 1.26. The third-order valence-corrected chi connectivity index (χ3v) is 1.59. The van der Waals surface area contributed by atoms with Crippen molar-refractivity contribution in [3.05, 3.63) is 24.2 Å². The van der Waals surface area contributed by atoms with Gasteiger partial charge in [-0.2, -0.15) is 0 Å². The molecule has 0 aromatic carbocycles. The summed E-state index contributed by atoms with van der Waals surface area (Å²) in [6.07, 6.45) is 3.22. The number of rotatable bonds is 3. The summed E-state index contributed by atoms with van der Waals surface area (Å²) in [5, 5.41) is 0. The third kappa shape index (κ3) is 3.48. The summed E-state index contributed by atoms with van der Waals surface area (Å²) in [7, 11) is 1.34. The lowest BCUT2D eigenvalue weighted by Gasteiger charge is -2.06. The Morgan fingerprint density at radius 3 is 2.92 bits per heavy atom. The van der Waals surface area contributed by atoms with E-state index in [0.29, 0.717) is 0 Å². The van der Waals surface area contributed by atoms with Crippen molar-refractivity contribution in [1.29, 1.82) is 0 Å². The first-order valence-corrected chi connectivity index (χ1v) is 3.58. The number of hydrogen-bond acceptors (Lipinski definition) is 4. The van der Waals surface area contributed by atoms with Crippen molar-refractivity contribution in [2.75, 3.05) is 7.11 Å². The summed E-state index contributed by atoms with van der Waals surface area (Å²) in [5.74, 6) is -0.316. The molecule has 0 saturated heterocycles. The molecule has 1 rings (SSSR count). The van der Waals surface area contributed by atoms with Gasteiger partial charge in [0.1, 0.15) is 0 Å². The lowest BCUT2D eigenvalue weighted by atomic mass is 10.1. The highest BCUT2D eigenvalue weighted by Gasteiger charge is 2.12. The van der Waals surface area contributed by atoms with Crippen molar-refractivity contribution in [2.24, 2.45) is 5.73 Å². The Hall–Kier alpha value is -1.00. The number of ether oxygens (including phenoxy) is 1. The van der Waals surface area contributed by atoms with Crippen molar-refractivity contribution in [3.63, 3.8) is 0 Å². The topological polar surface area (TPSA) is 65.5 Å². The maximum atomic E-state index is 10.8. The minimum atomic E-state index is -0.337. The third-order valence-electron chi connectivity index (χ3n) is 1.59. The zero-order chi connectivity index (χ0) is 8.97. The second-order valence-electron chi connectivity index (χ2n) is 2.44. The summed E-state index contributed by atoms with van der Waals surface area (Å²) >= 11 is 0. The van der Waals surface area contributed by atoms with Crippen LogP contribution in [0.25, 0.3) is 0 Å². The van der Waals surface area contributed by atoms with E-state index in [4.69, 9.17) is 10.2 Å². The molecular formula is C8H12ClNO3. The Labute approximate surface area is 82.5 Å². The molecule has 0 saturated carbocycles. The lowest BCUT2D eigenvalue weighted by molar-refractivity contribution is -0.141. The first kappa shape index (κ1) is 12.0. The normalized spacial score (nSPS) is 11.5. The van der Waals surface area contributed by atoms with Crippen molar-refractivity contribution in [3.8, 4) is 0 Å². The molecule has 1 aromatic rings. The average molecular weight is 206 g/mol. The van der Waals surface area contributed by atoms with Gasteiger partial charge in [0.2, 0.25) is 0 Å². The van der Waals surface area contributed by atoms with Gasteiger partial charge in [0, 0.05) is 11.6 Å². The number of carbonyl (C=O) groups is 1. The quantitative estimate of drug-likeness (QED) is 0.755. The van der Waals surface area contributed by atoms with Crippen LogP contribution in [-0.2, 0) is 9.53 Å². The van der Waals surface area contributed by atoms with Gasteiger partial charge in [-0.25, -0.2) is 0 Å². The van der Waals surface area contributed by atoms with Crippen LogP contribution in [0, 0.1) is 0 Å². The Bertz CT molecular complexity index is 248. The molecule has 0 aliphatic rings. The Morgan fingerprint density at radius 1 is 1.77 bits per heavy atom. The second kappa shape index (κ2) is 5.61. The summed E-state index contributed by atoms with van der Waals surface area (Å²) < 4.78 is 9.29. The number of methoxy groups -OCH3 is 1. The largest absolute Gasteiger partial charge is 0.472 e. The molecule has 0 radical (unpaired) electrons. The van der Waals surface area contributed by atoms with Gasteiger partial charge in [-0.3, -0.25) is 4.79 Å². The van der Waals surface area contributed by atoms with Gasteiger partial charge in [-0.05, 0) is 6.07 Å². The predicted molar refractivity (Wildman–Crippen MR) is 49.5 cm³/mol. The first-order valence-electron chi connectivity index (χ1n) is 3.58. The van der Waals surface area contributed by atoms with Crippen molar-refractivity contribution in [1.82, 2.24) is 0 Å². The molecule has 2 N–H and O–H groups in total. The molecule has 1 unspecified atom stereocenters. The first-order chi connectivity index (χ1) is 5.74. The molecule has 1 atom stereocenters. The van der Waals surface area contributed by atoms with Crippen LogP contribution in [0.5, 0.6) is 0 Å². The molecule has 5 heteroatoms. The number of carbonyl (C=O) groups excluding carboxylic acids is 1. The molecular weight excluding hydrogens is 194 g/mol. The van der Waals surface area contributed by atoms with Crippen LogP contribution in [0.1, 0.15) is 18.0 Å². The Morgan fingerprint density at radius 2 is 2.46 bits per heavy atom. The Kier molecular flexibility index (Phi) is 5.18. The number of furan rings is 1. The van der Waals surface area contributed by atoms with Crippen molar-refractivity contribution in [2.45, 2.75) is 12.5 Å². The van der Waals surface area contributed by atoms with Crippen LogP contribution in [-0.4, -0.2) is 13.1 Å². The van der Waals surface area contributed by atoms with Gasteiger partial charge in [-0.15, -0.1) is 12.4 Å². The average Bonchev–Trinajstić information content (AvgIpc) is 2.56. The van der Waals surface area contributed by atoms with Crippen LogP contribution in [0.15, 0.2) is 23.0 Å². The maximum absolute atomic E-state index is 10.8. The number of esters is 1. The van der Waals surface area contributed by atoms with Crippen LogP contribution in [0.4, 0.5) is 0 Å². The fraction of sp³-hybridized carbons (Fsp3) is 0.375. The summed E-state index contributed by atoms with van der Waals surface area (Å²) in [4.78, 5) is 10.8. The Balaban J connectivity index is 0.00000144. The molecule has 13 heavy (non-hydrogen) atoms. The zero-order valence-electron chi connectivity index (χ0n) is 7.23. The van der Waals surface area contributed by atoms with E-state index in [0.717, 1.165) is 5.56 Å². The van der Waals surface area contributed by atoms with Crippen LogP contribution in [0.3, 0.4) is 0 Å². The standard InChI is InChI=1S/C8H11NO3.ClH/c1-11-8(10)4-7(9)6-2-3-12-5-6;/h2-3,5,7H,4,9H2,1H3;1H. The molecule has 1 heterocycles. The van der Waals surface area contributed by atoms with E-state index >= 15 is 0 Å². The number of halogens is 1. The molecule has 0 fully saturated rings. The highest BCUT2D eigenvalue weighted by molar-refractivity contribution is 5.85. The molecule has 4 nitrogen and oxygen atoms in total. The highest BCUT2D eigenvalue weighted by atomic mass is 35.5.